The van der Waals surface area contributed by atoms with E-state index in [1.165, 1.54) is 17.5 Å². The lowest BCUT2D eigenvalue weighted by Crippen LogP contribution is -2.32. The minimum Gasteiger partial charge on any atom is -0.385 e. The average Bonchev–Trinajstić information content (AvgIpc) is 2.55. The number of benzene rings is 1. The Labute approximate surface area is 104 Å². The molecule has 0 saturated carbocycles. The average molecular weight is 233 g/mol. The molecule has 17 heavy (non-hydrogen) atoms. The summed E-state index contributed by atoms with van der Waals surface area (Å²) in [5.74, 6) is 0. The minimum atomic E-state index is 0.316. The van der Waals surface area contributed by atoms with Crippen LogP contribution in [0.25, 0.3) is 0 Å². The van der Waals surface area contributed by atoms with E-state index in [2.05, 4.69) is 43.4 Å². The van der Waals surface area contributed by atoms with Crippen molar-refractivity contribution >= 4 is 0 Å². The fourth-order valence-corrected chi connectivity index (χ4v) is 2.84. The van der Waals surface area contributed by atoms with Crippen LogP contribution in [-0.4, -0.2) is 20.3 Å². The maximum absolute atomic E-state index is 5.09. The van der Waals surface area contributed by atoms with Crippen molar-refractivity contribution in [1.29, 1.82) is 0 Å². The Morgan fingerprint density at radius 1 is 1.35 bits per heavy atom. The van der Waals surface area contributed by atoms with Crippen molar-refractivity contribution in [2.24, 2.45) is 5.41 Å². The van der Waals surface area contributed by atoms with Gasteiger partial charge in [-0.05, 0) is 35.9 Å². The maximum atomic E-state index is 5.09. The highest BCUT2D eigenvalue weighted by atomic mass is 16.5. The molecule has 0 fully saturated rings. The van der Waals surface area contributed by atoms with E-state index in [-0.39, 0.29) is 0 Å². The quantitative estimate of drug-likeness (QED) is 0.790. The van der Waals surface area contributed by atoms with Crippen molar-refractivity contribution in [3.05, 3.63) is 35.4 Å². The monoisotopic (exact) mass is 233 g/mol. The Balaban J connectivity index is 2.04. The number of rotatable bonds is 5. The Morgan fingerprint density at radius 2 is 2.12 bits per heavy atom. The van der Waals surface area contributed by atoms with Crippen LogP contribution in [-0.2, 0) is 11.2 Å². The third kappa shape index (κ3) is 2.70. The molecule has 1 aliphatic rings. The maximum Gasteiger partial charge on any atom is 0.0474 e. The molecule has 0 aromatic heterocycles. The number of hydrogen-bond donors (Lipinski definition) is 1. The number of ether oxygens (including phenoxy) is 1. The lowest BCUT2D eigenvalue weighted by Gasteiger charge is -2.28. The van der Waals surface area contributed by atoms with Gasteiger partial charge in [0.25, 0.3) is 0 Å². The molecule has 2 rings (SSSR count). The van der Waals surface area contributed by atoms with Crippen molar-refractivity contribution in [2.75, 3.05) is 20.3 Å². The van der Waals surface area contributed by atoms with E-state index in [1.807, 2.05) is 0 Å². The Morgan fingerprint density at radius 3 is 2.88 bits per heavy atom. The largest absolute Gasteiger partial charge is 0.385 e. The molecule has 2 heteroatoms. The summed E-state index contributed by atoms with van der Waals surface area (Å²) in [4.78, 5) is 0. The second kappa shape index (κ2) is 5.19. The SMILES string of the molecule is COCCCNC1c2ccccc2CC1(C)C. The molecule has 0 bridgehead atoms. The summed E-state index contributed by atoms with van der Waals surface area (Å²) in [7, 11) is 1.76. The van der Waals surface area contributed by atoms with Crippen LogP contribution < -0.4 is 5.32 Å². The summed E-state index contributed by atoms with van der Waals surface area (Å²) in [6.07, 6.45) is 2.25. The predicted molar refractivity (Wildman–Crippen MR) is 71.2 cm³/mol. The van der Waals surface area contributed by atoms with Crippen LogP contribution in [0.4, 0.5) is 0 Å². The van der Waals surface area contributed by atoms with E-state index in [0.717, 1.165) is 19.6 Å². The molecule has 2 nitrogen and oxygen atoms in total. The van der Waals surface area contributed by atoms with Gasteiger partial charge in [-0.2, -0.15) is 0 Å². The molecule has 1 atom stereocenters. The summed E-state index contributed by atoms with van der Waals surface area (Å²) in [5, 5.41) is 3.68. The van der Waals surface area contributed by atoms with E-state index in [4.69, 9.17) is 4.74 Å². The van der Waals surface area contributed by atoms with Crippen LogP contribution in [0.3, 0.4) is 0 Å². The highest BCUT2D eigenvalue weighted by Gasteiger charge is 2.37. The number of methoxy groups -OCH3 is 1. The summed E-state index contributed by atoms with van der Waals surface area (Å²) >= 11 is 0. The smallest absolute Gasteiger partial charge is 0.0474 e. The summed E-state index contributed by atoms with van der Waals surface area (Å²) in [6.45, 7) is 6.56. The van der Waals surface area contributed by atoms with Gasteiger partial charge in [0.15, 0.2) is 0 Å². The van der Waals surface area contributed by atoms with Crippen LogP contribution in [0.5, 0.6) is 0 Å². The first-order valence-corrected chi connectivity index (χ1v) is 6.45. The van der Waals surface area contributed by atoms with Gasteiger partial charge in [0.2, 0.25) is 0 Å². The van der Waals surface area contributed by atoms with Crippen LogP contribution in [0.2, 0.25) is 0 Å². The molecule has 0 radical (unpaired) electrons. The van der Waals surface area contributed by atoms with Gasteiger partial charge in [-0.1, -0.05) is 38.1 Å². The van der Waals surface area contributed by atoms with Crippen LogP contribution in [0.1, 0.15) is 37.4 Å². The van der Waals surface area contributed by atoms with E-state index in [9.17, 15) is 0 Å². The highest BCUT2D eigenvalue weighted by Crippen LogP contribution is 2.44. The number of nitrogens with one attached hydrogen (secondary N) is 1. The van der Waals surface area contributed by atoms with Crippen molar-refractivity contribution in [2.45, 2.75) is 32.7 Å². The molecule has 0 saturated heterocycles. The first-order valence-electron chi connectivity index (χ1n) is 6.45. The summed E-state index contributed by atoms with van der Waals surface area (Å²) in [5.41, 5.74) is 3.30. The summed E-state index contributed by atoms with van der Waals surface area (Å²) < 4.78 is 5.09. The lowest BCUT2D eigenvalue weighted by molar-refractivity contribution is 0.188. The van der Waals surface area contributed by atoms with E-state index >= 15 is 0 Å². The third-order valence-corrected chi connectivity index (χ3v) is 3.67. The zero-order valence-electron chi connectivity index (χ0n) is 11.1. The third-order valence-electron chi connectivity index (χ3n) is 3.67. The van der Waals surface area contributed by atoms with Crippen molar-refractivity contribution in [3.63, 3.8) is 0 Å². The van der Waals surface area contributed by atoms with Gasteiger partial charge in [-0.3, -0.25) is 0 Å². The molecular weight excluding hydrogens is 210 g/mol. The van der Waals surface area contributed by atoms with E-state index in [1.54, 1.807) is 7.11 Å². The second-order valence-electron chi connectivity index (χ2n) is 5.60. The van der Waals surface area contributed by atoms with Crippen LogP contribution in [0.15, 0.2) is 24.3 Å². The summed E-state index contributed by atoms with van der Waals surface area (Å²) in [6, 6.07) is 9.29. The first-order chi connectivity index (χ1) is 8.15. The van der Waals surface area contributed by atoms with Crippen LogP contribution >= 0.6 is 0 Å². The van der Waals surface area contributed by atoms with Crippen LogP contribution in [0, 0.1) is 5.41 Å². The molecule has 1 aromatic carbocycles. The van der Waals surface area contributed by atoms with Crippen molar-refractivity contribution in [3.8, 4) is 0 Å². The highest BCUT2D eigenvalue weighted by molar-refractivity contribution is 5.37. The van der Waals surface area contributed by atoms with E-state index < -0.39 is 0 Å². The zero-order valence-corrected chi connectivity index (χ0v) is 11.1. The molecular formula is C15H23NO. The first kappa shape index (κ1) is 12.6. The molecule has 0 aliphatic heterocycles. The Hall–Kier alpha value is -0.860. The fourth-order valence-electron chi connectivity index (χ4n) is 2.84. The van der Waals surface area contributed by atoms with E-state index in [0.29, 0.717) is 11.5 Å². The number of hydrogen-bond acceptors (Lipinski definition) is 2. The molecule has 0 spiro atoms. The molecule has 1 aromatic rings. The topological polar surface area (TPSA) is 21.3 Å². The molecule has 0 amide bonds. The Kier molecular flexibility index (Phi) is 3.85. The Bertz CT molecular complexity index is 373. The van der Waals surface area contributed by atoms with Gasteiger partial charge < -0.3 is 10.1 Å². The van der Waals surface area contributed by atoms with Gasteiger partial charge in [-0.25, -0.2) is 0 Å². The van der Waals surface area contributed by atoms with Crippen molar-refractivity contribution in [1.82, 2.24) is 5.32 Å². The lowest BCUT2D eigenvalue weighted by atomic mass is 9.85. The molecule has 1 unspecified atom stereocenters. The van der Waals surface area contributed by atoms with Gasteiger partial charge in [0.1, 0.15) is 0 Å². The zero-order chi connectivity index (χ0) is 12.3. The van der Waals surface area contributed by atoms with Gasteiger partial charge in [-0.15, -0.1) is 0 Å². The van der Waals surface area contributed by atoms with Gasteiger partial charge >= 0.3 is 0 Å². The standard InChI is InChI=1S/C15H23NO/c1-15(2)11-12-7-4-5-8-13(12)14(15)16-9-6-10-17-3/h4-5,7-8,14,16H,6,9-11H2,1-3H3. The molecule has 94 valence electrons. The molecule has 1 N–H and O–H groups in total. The molecule has 0 heterocycles. The molecule has 1 aliphatic carbocycles. The minimum absolute atomic E-state index is 0.316. The van der Waals surface area contributed by atoms with Gasteiger partial charge in [0, 0.05) is 19.8 Å². The fraction of sp³-hybridized carbons (Fsp3) is 0.600. The predicted octanol–water partition coefficient (Wildman–Crippen LogP) is 2.94. The normalized spacial score (nSPS) is 21.5. The number of fused-ring (bicyclic) bond motifs is 1. The van der Waals surface area contributed by atoms with Crippen molar-refractivity contribution < 1.29 is 4.74 Å². The second-order valence-corrected chi connectivity index (χ2v) is 5.60. The van der Waals surface area contributed by atoms with Gasteiger partial charge in [0.05, 0.1) is 0 Å².